The van der Waals surface area contributed by atoms with Gasteiger partial charge >= 0.3 is 6.18 Å². The Labute approximate surface area is 143 Å². The quantitative estimate of drug-likeness (QED) is 0.787. The highest BCUT2D eigenvalue weighted by Gasteiger charge is 2.30. The number of hydrogen-bond acceptors (Lipinski definition) is 2. The van der Waals surface area contributed by atoms with E-state index in [4.69, 9.17) is 0 Å². The van der Waals surface area contributed by atoms with E-state index in [0.717, 1.165) is 12.1 Å². The minimum absolute atomic E-state index is 0.156. The van der Waals surface area contributed by atoms with Crippen molar-refractivity contribution < 1.29 is 22.8 Å². The molecule has 0 atom stereocenters. The van der Waals surface area contributed by atoms with Crippen LogP contribution in [0.1, 0.15) is 21.5 Å². The summed E-state index contributed by atoms with van der Waals surface area (Å²) < 4.78 is 37.9. The van der Waals surface area contributed by atoms with Crippen LogP contribution in [0.2, 0.25) is 0 Å². The van der Waals surface area contributed by atoms with Crippen LogP contribution in [0.4, 0.5) is 13.2 Å². The summed E-state index contributed by atoms with van der Waals surface area (Å²) >= 11 is 0. The number of carbonyl (C=O) groups is 2. The van der Waals surface area contributed by atoms with Crippen LogP contribution in [0.3, 0.4) is 0 Å². The molecule has 2 N–H and O–H groups in total. The first-order chi connectivity index (χ1) is 11.9. The molecule has 0 unspecified atom stereocenters. The zero-order valence-electron chi connectivity index (χ0n) is 13.3. The van der Waals surface area contributed by atoms with Gasteiger partial charge in [0.1, 0.15) is 0 Å². The molecule has 0 aromatic heterocycles. The van der Waals surface area contributed by atoms with Crippen molar-refractivity contribution >= 4 is 11.8 Å². The molecule has 7 heteroatoms. The minimum Gasteiger partial charge on any atom is -0.354 e. The smallest absolute Gasteiger partial charge is 0.354 e. The second-order valence-electron chi connectivity index (χ2n) is 5.35. The molecule has 0 fully saturated rings. The van der Waals surface area contributed by atoms with Gasteiger partial charge in [0.15, 0.2) is 0 Å². The van der Waals surface area contributed by atoms with Crippen LogP contribution >= 0.6 is 0 Å². The highest BCUT2D eigenvalue weighted by atomic mass is 19.4. The lowest BCUT2D eigenvalue weighted by Gasteiger charge is -2.09. The van der Waals surface area contributed by atoms with Gasteiger partial charge in [0.2, 0.25) is 5.91 Å². The first-order valence-corrected chi connectivity index (χ1v) is 7.62. The Morgan fingerprint density at radius 2 is 1.56 bits per heavy atom. The number of halogens is 3. The summed E-state index contributed by atoms with van der Waals surface area (Å²) in [5.74, 6) is -0.666. The molecule has 0 aliphatic rings. The van der Waals surface area contributed by atoms with Gasteiger partial charge in [0, 0.05) is 18.7 Å². The largest absolute Gasteiger partial charge is 0.416 e. The monoisotopic (exact) mass is 350 g/mol. The van der Waals surface area contributed by atoms with Crippen molar-refractivity contribution in [1.82, 2.24) is 10.6 Å². The van der Waals surface area contributed by atoms with Gasteiger partial charge in [-0.2, -0.15) is 13.2 Å². The lowest BCUT2D eigenvalue weighted by molar-refractivity contribution is -0.137. The molecule has 0 heterocycles. The molecule has 25 heavy (non-hydrogen) atoms. The van der Waals surface area contributed by atoms with Gasteiger partial charge in [0.25, 0.3) is 5.91 Å². The molecule has 132 valence electrons. The van der Waals surface area contributed by atoms with Crippen molar-refractivity contribution in [2.24, 2.45) is 0 Å². The number of alkyl halides is 3. The van der Waals surface area contributed by atoms with Crippen LogP contribution in [0, 0.1) is 0 Å². The van der Waals surface area contributed by atoms with E-state index in [1.54, 1.807) is 30.3 Å². The summed E-state index contributed by atoms with van der Waals surface area (Å²) in [5, 5.41) is 5.21. The standard InChI is InChI=1S/C18H17F3N2O2/c19-18(20,21)15-8-4-5-13(11-15)12-16(24)22-9-10-23-17(25)14-6-2-1-3-7-14/h1-8,11H,9-10,12H2,(H,22,24)(H,23,25). The Balaban J connectivity index is 1.75. The maximum Gasteiger partial charge on any atom is 0.416 e. The SMILES string of the molecule is O=C(Cc1cccc(C(F)(F)F)c1)NCCNC(=O)c1ccccc1. The van der Waals surface area contributed by atoms with Crippen molar-refractivity contribution in [3.63, 3.8) is 0 Å². The van der Waals surface area contributed by atoms with Crippen molar-refractivity contribution in [2.45, 2.75) is 12.6 Å². The van der Waals surface area contributed by atoms with Crippen LogP contribution in [-0.4, -0.2) is 24.9 Å². The number of hydrogen-bond donors (Lipinski definition) is 2. The van der Waals surface area contributed by atoms with Crippen LogP contribution in [0.15, 0.2) is 54.6 Å². The molecule has 0 aliphatic heterocycles. The van der Waals surface area contributed by atoms with E-state index in [-0.39, 0.29) is 31.0 Å². The first kappa shape index (κ1) is 18.5. The minimum atomic E-state index is -4.44. The lowest BCUT2D eigenvalue weighted by atomic mass is 10.1. The summed E-state index contributed by atoms with van der Waals surface area (Å²) in [4.78, 5) is 23.6. The molecule has 0 spiro atoms. The predicted octanol–water partition coefficient (Wildman–Crippen LogP) is 2.79. The van der Waals surface area contributed by atoms with Crippen molar-refractivity contribution in [1.29, 1.82) is 0 Å². The number of rotatable bonds is 6. The van der Waals surface area contributed by atoms with Gasteiger partial charge < -0.3 is 10.6 Å². The van der Waals surface area contributed by atoms with Gasteiger partial charge in [-0.05, 0) is 23.8 Å². The van der Waals surface area contributed by atoms with Crippen LogP contribution in [0.25, 0.3) is 0 Å². The second kappa shape index (κ2) is 8.32. The average Bonchev–Trinajstić information content (AvgIpc) is 2.59. The van der Waals surface area contributed by atoms with Gasteiger partial charge in [-0.25, -0.2) is 0 Å². The summed E-state index contributed by atoms with van der Waals surface area (Å²) in [6.07, 6.45) is -4.59. The summed E-state index contributed by atoms with van der Waals surface area (Å²) in [5.41, 5.74) is 0.00589. The Bertz CT molecular complexity index is 731. The summed E-state index contributed by atoms with van der Waals surface area (Å²) in [7, 11) is 0. The Morgan fingerprint density at radius 3 is 2.24 bits per heavy atom. The van der Waals surface area contributed by atoms with Crippen molar-refractivity contribution in [3.05, 3.63) is 71.3 Å². The lowest BCUT2D eigenvalue weighted by Crippen LogP contribution is -2.35. The van der Waals surface area contributed by atoms with Crippen LogP contribution < -0.4 is 10.6 Å². The van der Waals surface area contributed by atoms with E-state index in [9.17, 15) is 22.8 Å². The number of benzene rings is 2. The Kier molecular flexibility index (Phi) is 6.16. The molecule has 0 bridgehead atoms. The third-order valence-electron chi connectivity index (χ3n) is 3.39. The Hall–Kier alpha value is -2.83. The van der Waals surface area contributed by atoms with Crippen molar-refractivity contribution in [2.75, 3.05) is 13.1 Å². The topological polar surface area (TPSA) is 58.2 Å². The molecule has 0 radical (unpaired) electrons. The summed E-state index contributed by atoms with van der Waals surface area (Å²) in [6.45, 7) is 0.415. The zero-order valence-corrected chi connectivity index (χ0v) is 13.3. The highest BCUT2D eigenvalue weighted by Crippen LogP contribution is 2.29. The van der Waals surface area contributed by atoms with Crippen LogP contribution in [0.5, 0.6) is 0 Å². The molecule has 0 saturated heterocycles. The molecule has 2 rings (SSSR count). The normalized spacial score (nSPS) is 11.0. The molecule has 2 aromatic rings. The summed E-state index contributed by atoms with van der Waals surface area (Å²) in [6, 6.07) is 13.3. The molecule has 0 saturated carbocycles. The van der Waals surface area contributed by atoms with E-state index in [2.05, 4.69) is 10.6 Å². The van der Waals surface area contributed by atoms with Crippen molar-refractivity contribution in [3.8, 4) is 0 Å². The van der Waals surface area contributed by atoms with Gasteiger partial charge in [-0.15, -0.1) is 0 Å². The fourth-order valence-electron chi connectivity index (χ4n) is 2.18. The maximum absolute atomic E-state index is 12.6. The molecular formula is C18H17F3N2O2. The van der Waals surface area contributed by atoms with Crippen LogP contribution in [-0.2, 0) is 17.4 Å². The van der Waals surface area contributed by atoms with E-state index < -0.39 is 17.6 Å². The van der Waals surface area contributed by atoms with Gasteiger partial charge in [0.05, 0.1) is 12.0 Å². The fourth-order valence-corrected chi connectivity index (χ4v) is 2.18. The Morgan fingerprint density at radius 1 is 0.880 bits per heavy atom. The zero-order chi connectivity index (χ0) is 18.3. The third kappa shape index (κ3) is 5.95. The number of carbonyl (C=O) groups excluding carboxylic acids is 2. The number of nitrogens with one attached hydrogen (secondary N) is 2. The van der Waals surface area contributed by atoms with E-state index in [0.29, 0.717) is 5.56 Å². The molecule has 2 amide bonds. The maximum atomic E-state index is 12.6. The first-order valence-electron chi connectivity index (χ1n) is 7.62. The van der Waals surface area contributed by atoms with E-state index in [1.165, 1.54) is 12.1 Å². The molecule has 2 aromatic carbocycles. The molecular weight excluding hydrogens is 333 g/mol. The second-order valence-corrected chi connectivity index (χ2v) is 5.35. The van der Waals surface area contributed by atoms with E-state index in [1.807, 2.05) is 0 Å². The molecule has 4 nitrogen and oxygen atoms in total. The predicted molar refractivity (Wildman–Crippen MR) is 86.9 cm³/mol. The average molecular weight is 350 g/mol. The van der Waals surface area contributed by atoms with Gasteiger partial charge in [-0.3, -0.25) is 9.59 Å². The molecule has 0 aliphatic carbocycles. The van der Waals surface area contributed by atoms with Gasteiger partial charge in [-0.1, -0.05) is 36.4 Å². The fraction of sp³-hybridized carbons (Fsp3) is 0.222. The highest BCUT2D eigenvalue weighted by molar-refractivity contribution is 5.94. The van der Waals surface area contributed by atoms with E-state index >= 15 is 0 Å². The number of amides is 2. The third-order valence-corrected chi connectivity index (χ3v) is 3.39.